The number of phenols is 1. The van der Waals surface area contributed by atoms with E-state index < -0.39 is 11.9 Å². The molecule has 0 bridgehead atoms. The lowest BCUT2D eigenvalue weighted by Crippen LogP contribution is -2.35. The van der Waals surface area contributed by atoms with Gasteiger partial charge in [0.1, 0.15) is 11.6 Å². The largest absolute Gasteiger partial charge is 0.508 e. The Morgan fingerprint density at radius 3 is 2.74 bits per heavy atom. The Morgan fingerprint density at radius 1 is 1.33 bits per heavy atom. The number of nitrogens with zero attached hydrogens (tertiary/aromatic N) is 2. The average Bonchev–Trinajstić information content (AvgIpc) is 3.00. The summed E-state index contributed by atoms with van der Waals surface area (Å²) in [5.74, 6) is -0.559. The number of likely N-dealkylation sites (tertiary alicyclic amines) is 1. The second-order valence-corrected chi connectivity index (χ2v) is 7.30. The van der Waals surface area contributed by atoms with Crippen LogP contribution in [-0.4, -0.2) is 47.4 Å². The van der Waals surface area contributed by atoms with Gasteiger partial charge in [-0.3, -0.25) is 4.90 Å². The molecule has 2 N–H and O–H groups in total. The summed E-state index contributed by atoms with van der Waals surface area (Å²) < 4.78 is 13.9. The van der Waals surface area contributed by atoms with Gasteiger partial charge in [-0.2, -0.15) is 0 Å². The fourth-order valence-electron chi connectivity index (χ4n) is 3.65. The van der Waals surface area contributed by atoms with Crippen LogP contribution in [0, 0.1) is 5.82 Å². The third kappa shape index (κ3) is 4.51. The van der Waals surface area contributed by atoms with Crippen molar-refractivity contribution in [1.29, 1.82) is 0 Å². The fraction of sp³-hybridized carbons (Fsp3) is 0.350. The molecule has 3 rings (SSSR count). The minimum atomic E-state index is -1.10. The Labute approximate surface area is 162 Å². The molecule has 1 aliphatic heterocycles. The molecule has 2 aromatic rings. The number of hydrogen-bond donors (Lipinski definition) is 2. The number of benzene rings is 2. The molecule has 144 valence electrons. The highest BCUT2D eigenvalue weighted by Crippen LogP contribution is 2.36. The van der Waals surface area contributed by atoms with Crippen LogP contribution < -0.4 is 4.90 Å². The molecule has 5 nitrogen and oxygen atoms in total. The first-order valence-corrected chi connectivity index (χ1v) is 9.23. The van der Waals surface area contributed by atoms with Crippen LogP contribution in [0.4, 0.5) is 14.9 Å². The third-order valence-corrected chi connectivity index (χ3v) is 5.25. The van der Waals surface area contributed by atoms with Gasteiger partial charge in [0.2, 0.25) is 0 Å². The van der Waals surface area contributed by atoms with Gasteiger partial charge in [-0.1, -0.05) is 11.6 Å². The monoisotopic (exact) mass is 392 g/mol. The zero-order valence-corrected chi connectivity index (χ0v) is 15.8. The van der Waals surface area contributed by atoms with E-state index >= 15 is 0 Å². The van der Waals surface area contributed by atoms with Crippen molar-refractivity contribution in [3.05, 3.63) is 47.2 Å². The SMILES string of the molecule is CN1CCCC1CCN(C(=O)O)c1ccc(F)cc1-c1cc(O)cc(Cl)c1. The number of amides is 1. The molecule has 1 saturated heterocycles. The van der Waals surface area contributed by atoms with Gasteiger partial charge in [-0.25, -0.2) is 9.18 Å². The first-order chi connectivity index (χ1) is 12.8. The standard InChI is InChI=1S/C20H22ClFN2O3/c1-23-7-2-3-16(23)6-8-24(20(26)27)19-5-4-15(22)12-18(19)13-9-14(21)11-17(25)10-13/h4-5,9-12,16,25H,2-3,6-8H2,1H3,(H,26,27). The van der Waals surface area contributed by atoms with Crippen LogP contribution in [0.15, 0.2) is 36.4 Å². The van der Waals surface area contributed by atoms with E-state index in [0.717, 1.165) is 19.4 Å². The highest BCUT2D eigenvalue weighted by molar-refractivity contribution is 6.31. The summed E-state index contributed by atoms with van der Waals surface area (Å²) in [6.07, 6.45) is 1.75. The lowest BCUT2D eigenvalue weighted by molar-refractivity contribution is 0.200. The number of carboxylic acid groups (broad SMARTS) is 1. The zero-order chi connectivity index (χ0) is 19.6. The normalized spacial score (nSPS) is 17.2. The van der Waals surface area contributed by atoms with Gasteiger partial charge in [0, 0.05) is 23.2 Å². The molecule has 0 saturated carbocycles. The zero-order valence-electron chi connectivity index (χ0n) is 15.0. The van der Waals surface area contributed by atoms with Crippen molar-refractivity contribution >= 4 is 23.4 Å². The Morgan fingerprint density at radius 2 is 2.11 bits per heavy atom. The Bertz CT molecular complexity index is 826. The van der Waals surface area contributed by atoms with Crippen molar-refractivity contribution in [2.75, 3.05) is 25.0 Å². The van der Waals surface area contributed by atoms with Crippen LogP contribution >= 0.6 is 11.6 Å². The van der Waals surface area contributed by atoms with Crippen LogP contribution in [0.2, 0.25) is 5.02 Å². The first kappa shape index (κ1) is 19.5. The highest BCUT2D eigenvalue weighted by atomic mass is 35.5. The summed E-state index contributed by atoms with van der Waals surface area (Å²) in [6.45, 7) is 1.32. The second kappa shape index (κ2) is 8.15. The van der Waals surface area contributed by atoms with E-state index in [2.05, 4.69) is 4.90 Å². The van der Waals surface area contributed by atoms with Crippen molar-refractivity contribution in [2.24, 2.45) is 0 Å². The molecule has 7 heteroatoms. The van der Waals surface area contributed by atoms with Crippen molar-refractivity contribution in [3.8, 4) is 16.9 Å². The van der Waals surface area contributed by atoms with Crippen molar-refractivity contribution in [2.45, 2.75) is 25.3 Å². The molecule has 1 fully saturated rings. The number of aromatic hydroxyl groups is 1. The number of anilines is 1. The van der Waals surface area contributed by atoms with Crippen LogP contribution in [0.1, 0.15) is 19.3 Å². The number of phenolic OH excluding ortho intramolecular Hbond substituents is 1. The van der Waals surface area contributed by atoms with Crippen LogP contribution in [0.25, 0.3) is 11.1 Å². The second-order valence-electron chi connectivity index (χ2n) is 6.86. The van der Waals surface area contributed by atoms with Gasteiger partial charge < -0.3 is 15.1 Å². The molecule has 1 atom stereocenters. The fourth-order valence-corrected chi connectivity index (χ4v) is 3.88. The van der Waals surface area contributed by atoms with Gasteiger partial charge in [0.05, 0.1) is 5.69 Å². The lowest BCUT2D eigenvalue weighted by atomic mass is 10.0. The molecule has 0 aliphatic carbocycles. The maximum absolute atomic E-state index is 13.9. The third-order valence-electron chi connectivity index (χ3n) is 5.03. The highest BCUT2D eigenvalue weighted by Gasteiger charge is 2.25. The Hall–Kier alpha value is -2.31. The molecular weight excluding hydrogens is 371 g/mol. The summed E-state index contributed by atoms with van der Waals surface area (Å²) in [5.41, 5.74) is 1.19. The number of carbonyl (C=O) groups is 1. The average molecular weight is 393 g/mol. The van der Waals surface area contributed by atoms with Crippen LogP contribution in [0.5, 0.6) is 5.75 Å². The van der Waals surface area contributed by atoms with Gasteiger partial charge in [-0.15, -0.1) is 0 Å². The molecular formula is C20H22ClFN2O3. The summed E-state index contributed by atoms with van der Waals surface area (Å²) >= 11 is 6.01. The Balaban J connectivity index is 1.96. The maximum atomic E-state index is 13.9. The minimum Gasteiger partial charge on any atom is -0.508 e. The van der Waals surface area contributed by atoms with E-state index in [0.29, 0.717) is 35.8 Å². The van der Waals surface area contributed by atoms with Crippen LogP contribution in [0.3, 0.4) is 0 Å². The smallest absolute Gasteiger partial charge is 0.411 e. The molecule has 2 aromatic carbocycles. The molecule has 1 unspecified atom stereocenters. The molecule has 27 heavy (non-hydrogen) atoms. The van der Waals surface area contributed by atoms with Crippen molar-refractivity contribution < 1.29 is 19.4 Å². The summed E-state index contributed by atoms with van der Waals surface area (Å²) in [5, 5.41) is 19.9. The van der Waals surface area contributed by atoms with Gasteiger partial charge in [0.25, 0.3) is 0 Å². The summed E-state index contributed by atoms with van der Waals surface area (Å²) in [7, 11) is 2.04. The first-order valence-electron chi connectivity index (χ1n) is 8.85. The predicted molar refractivity (Wildman–Crippen MR) is 104 cm³/mol. The number of hydrogen-bond acceptors (Lipinski definition) is 3. The van der Waals surface area contributed by atoms with E-state index in [9.17, 15) is 19.4 Å². The van der Waals surface area contributed by atoms with E-state index in [1.807, 2.05) is 7.05 Å². The molecule has 1 amide bonds. The Kier molecular flexibility index (Phi) is 5.87. The predicted octanol–water partition coefficient (Wildman–Crippen LogP) is 4.82. The number of halogens is 2. The molecule has 1 heterocycles. The van der Waals surface area contributed by atoms with E-state index in [4.69, 9.17) is 11.6 Å². The quantitative estimate of drug-likeness (QED) is 0.765. The van der Waals surface area contributed by atoms with Crippen molar-refractivity contribution in [1.82, 2.24) is 4.90 Å². The van der Waals surface area contributed by atoms with Crippen LogP contribution in [-0.2, 0) is 0 Å². The maximum Gasteiger partial charge on any atom is 0.411 e. The summed E-state index contributed by atoms with van der Waals surface area (Å²) in [4.78, 5) is 15.4. The van der Waals surface area contributed by atoms with E-state index in [1.165, 1.54) is 35.2 Å². The molecule has 1 aliphatic rings. The van der Waals surface area contributed by atoms with Gasteiger partial charge >= 0.3 is 6.09 Å². The van der Waals surface area contributed by atoms with E-state index in [1.54, 1.807) is 6.07 Å². The molecule has 0 aromatic heterocycles. The topological polar surface area (TPSA) is 64.0 Å². The van der Waals surface area contributed by atoms with Gasteiger partial charge in [-0.05, 0) is 74.8 Å². The lowest BCUT2D eigenvalue weighted by Gasteiger charge is -2.26. The summed E-state index contributed by atoms with van der Waals surface area (Å²) in [6, 6.07) is 8.67. The minimum absolute atomic E-state index is 0.0674. The molecule has 0 spiro atoms. The van der Waals surface area contributed by atoms with Crippen molar-refractivity contribution in [3.63, 3.8) is 0 Å². The molecule has 0 radical (unpaired) electrons. The number of rotatable bonds is 5. The van der Waals surface area contributed by atoms with Gasteiger partial charge in [0.15, 0.2) is 0 Å². The van der Waals surface area contributed by atoms with E-state index in [-0.39, 0.29) is 10.8 Å².